The van der Waals surface area contributed by atoms with Gasteiger partial charge in [0.1, 0.15) is 5.69 Å². The van der Waals surface area contributed by atoms with Gasteiger partial charge in [-0.25, -0.2) is 8.42 Å². The monoisotopic (exact) mass is 458 g/mol. The van der Waals surface area contributed by atoms with Crippen LogP contribution in [0.1, 0.15) is 31.2 Å². The molecule has 0 spiro atoms. The van der Waals surface area contributed by atoms with Gasteiger partial charge in [-0.1, -0.05) is 36.8 Å². The van der Waals surface area contributed by atoms with E-state index in [1.165, 1.54) is 22.0 Å². The maximum Gasteiger partial charge on any atom is 0.293 e. The zero-order valence-corrected chi connectivity index (χ0v) is 19.0. The van der Waals surface area contributed by atoms with E-state index in [-0.39, 0.29) is 10.6 Å². The van der Waals surface area contributed by atoms with Crippen LogP contribution < -0.4 is 4.90 Å². The minimum atomic E-state index is -3.71. The fourth-order valence-corrected chi connectivity index (χ4v) is 6.08. The van der Waals surface area contributed by atoms with Crippen LogP contribution in [-0.2, 0) is 16.6 Å². The Morgan fingerprint density at radius 3 is 2.31 bits per heavy atom. The van der Waals surface area contributed by atoms with Gasteiger partial charge in [-0.05, 0) is 37.0 Å². The molecule has 2 aromatic rings. The molecule has 0 radical (unpaired) electrons. The second kappa shape index (κ2) is 9.97. The molecule has 0 saturated carbocycles. The van der Waals surface area contributed by atoms with Gasteiger partial charge in [0.05, 0.1) is 9.82 Å². The zero-order chi connectivity index (χ0) is 22.6. The van der Waals surface area contributed by atoms with Crippen molar-refractivity contribution in [2.75, 3.05) is 44.2 Å². The van der Waals surface area contributed by atoms with Crippen molar-refractivity contribution in [3.8, 4) is 0 Å². The SMILES string of the molecule is O=[N+]([O-])c1cc(S(=O)(=O)N2CCCCC2)ccc1N1CCCN(Cc2ccccc2)CC1. The summed E-state index contributed by atoms with van der Waals surface area (Å²) in [5.74, 6) is 0. The number of piperidine rings is 1. The quantitative estimate of drug-likeness (QED) is 0.487. The van der Waals surface area contributed by atoms with Crippen LogP contribution in [0.15, 0.2) is 53.4 Å². The van der Waals surface area contributed by atoms with Crippen LogP contribution in [-0.4, -0.2) is 61.8 Å². The summed E-state index contributed by atoms with van der Waals surface area (Å²) in [5, 5.41) is 11.9. The van der Waals surface area contributed by atoms with E-state index in [4.69, 9.17) is 0 Å². The summed E-state index contributed by atoms with van der Waals surface area (Å²) in [6.45, 7) is 4.86. The van der Waals surface area contributed by atoms with Crippen LogP contribution in [0.5, 0.6) is 0 Å². The second-order valence-electron chi connectivity index (χ2n) is 8.47. The van der Waals surface area contributed by atoms with Crippen LogP contribution in [0.4, 0.5) is 11.4 Å². The minimum Gasteiger partial charge on any atom is -0.365 e. The lowest BCUT2D eigenvalue weighted by Gasteiger charge is -2.27. The van der Waals surface area contributed by atoms with Crippen LogP contribution in [0.2, 0.25) is 0 Å². The van der Waals surface area contributed by atoms with Crippen molar-refractivity contribution in [1.82, 2.24) is 9.21 Å². The molecule has 0 aliphatic carbocycles. The third-order valence-electron chi connectivity index (χ3n) is 6.27. The number of anilines is 1. The van der Waals surface area contributed by atoms with Crippen molar-refractivity contribution >= 4 is 21.4 Å². The predicted molar refractivity (Wildman–Crippen MR) is 124 cm³/mol. The molecule has 2 saturated heterocycles. The number of nitro benzene ring substituents is 1. The van der Waals surface area contributed by atoms with E-state index in [1.54, 1.807) is 6.07 Å². The second-order valence-corrected chi connectivity index (χ2v) is 10.4. The van der Waals surface area contributed by atoms with Crippen LogP contribution in [0.3, 0.4) is 0 Å². The number of benzene rings is 2. The maximum atomic E-state index is 13.0. The van der Waals surface area contributed by atoms with E-state index < -0.39 is 14.9 Å². The lowest BCUT2D eigenvalue weighted by Crippen LogP contribution is -2.35. The Kier molecular flexibility index (Phi) is 7.07. The van der Waals surface area contributed by atoms with Gasteiger partial charge >= 0.3 is 0 Å². The normalized spacial score (nSPS) is 18.9. The topological polar surface area (TPSA) is 87.0 Å². The third-order valence-corrected chi connectivity index (χ3v) is 8.17. The average Bonchev–Trinajstić information content (AvgIpc) is 3.05. The van der Waals surface area contributed by atoms with Crippen molar-refractivity contribution in [3.63, 3.8) is 0 Å². The summed E-state index contributed by atoms with van der Waals surface area (Å²) >= 11 is 0. The summed E-state index contributed by atoms with van der Waals surface area (Å²) in [7, 11) is -3.71. The van der Waals surface area contributed by atoms with Gasteiger partial charge in [-0.2, -0.15) is 4.31 Å². The highest BCUT2D eigenvalue weighted by atomic mass is 32.2. The third kappa shape index (κ3) is 5.11. The summed E-state index contributed by atoms with van der Waals surface area (Å²) in [5.41, 5.74) is 1.60. The molecular weight excluding hydrogens is 428 g/mol. The van der Waals surface area contributed by atoms with Gasteiger partial charge in [0, 0.05) is 51.9 Å². The molecule has 2 fully saturated rings. The van der Waals surface area contributed by atoms with Gasteiger partial charge in [-0.3, -0.25) is 15.0 Å². The molecule has 32 heavy (non-hydrogen) atoms. The Labute approximate surface area is 189 Å². The van der Waals surface area contributed by atoms with E-state index in [0.717, 1.165) is 45.3 Å². The van der Waals surface area contributed by atoms with Crippen LogP contribution in [0, 0.1) is 10.1 Å². The maximum absolute atomic E-state index is 13.0. The summed E-state index contributed by atoms with van der Waals surface area (Å²) in [6.07, 6.45) is 3.55. The molecule has 2 aliphatic heterocycles. The number of nitrogens with zero attached hydrogens (tertiary/aromatic N) is 4. The molecule has 4 rings (SSSR count). The Morgan fingerprint density at radius 1 is 0.844 bits per heavy atom. The first-order valence-electron chi connectivity index (χ1n) is 11.2. The molecule has 0 unspecified atom stereocenters. The van der Waals surface area contributed by atoms with Gasteiger partial charge in [-0.15, -0.1) is 0 Å². The first-order chi connectivity index (χ1) is 15.4. The van der Waals surface area contributed by atoms with Crippen molar-refractivity contribution < 1.29 is 13.3 Å². The van der Waals surface area contributed by atoms with Crippen molar-refractivity contribution in [1.29, 1.82) is 0 Å². The van der Waals surface area contributed by atoms with Gasteiger partial charge < -0.3 is 4.90 Å². The first-order valence-corrected chi connectivity index (χ1v) is 12.7. The molecule has 9 heteroatoms. The van der Waals surface area contributed by atoms with Crippen molar-refractivity contribution in [2.45, 2.75) is 37.1 Å². The molecule has 2 aliphatic rings. The summed E-state index contributed by atoms with van der Waals surface area (Å²) in [6, 6.07) is 14.7. The molecule has 172 valence electrons. The molecule has 0 amide bonds. The van der Waals surface area contributed by atoms with E-state index in [9.17, 15) is 18.5 Å². The average molecular weight is 459 g/mol. The fraction of sp³-hybridized carbons (Fsp3) is 0.478. The molecule has 0 atom stereocenters. The Hall–Kier alpha value is -2.49. The first kappa shape index (κ1) is 22.7. The highest BCUT2D eigenvalue weighted by molar-refractivity contribution is 7.89. The van der Waals surface area contributed by atoms with E-state index in [2.05, 4.69) is 17.0 Å². The molecule has 0 aromatic heterocycles. The Balaban J connectivity index is 1.52. The zero-order valence-electron chi connectivity index (χ0n) is 18.2. The number of nitro groups is 1. The van der Waals surface area contributed by atoms with E-state index >= 15 is 0 Å². The van der Waals surface area contributed by atoms with Crippen LogP contribution in [0.25, 0.3) is 0 Å². The Bertz CT molecular complexity index is 1040. The Morgan fingerprint density at radius 2 is 1.59 bits per heavy atom. The van der Waals surface area contributed by atoms with Gasteiger partial charge in [0.15, 0.2) is 0 Å². The van der Waals surface area contributed by atoms with Gasteiger partial charge in [0.25, 0.3) is 5.69 Å². The standard InChI is InChI=1S/C23H30N4O4S/c28-27(29)23-18-21(32(30,31)26-14-5-2-6-15-26)10-11-22(23)25-13-7-12-24(16-17-25)19-20-8-3-1-4-9-20/h1,3-4,8-11,18H,2,5-7,12-17,19H2. The predicted octanol–water partition coefficient (Wildman–Crippen LogP) is 3.48. The molecule has 2 heterocycles. The van der Waals surface area contributed by atoms with E-state index in [0.29, 0.717) is 31.9 Å². The molecule has 2 aromatic carbocycles. The smallest absolute Gasteiger partial charge is 0.293 e. The molecule has 0 bridgehead atoms. The molecular formula is C23H30N4O4S. The number of hydrogen-bond donors (Lipinski definition) is 0. The number of rotatable bonds is 6. The largest absolute Gasteiger partial charge is 0.365 e. The minimum absolute atomic E-state index is 0.00961. The molecule has 0 N–H and O–H groups in total. The van der Waals surface area contributed by atoms with Crippen molar-refractivity contribution in [3.05, 3.63) is 64.2 Å². The number of sulfonamides is 1. The summed E-state index contributed by atoms with van der Waals surface area (Å²) < 4.78 is 27.5. The number of hydrogen-bond acceptors (Lipinski definition) is 6. The molecule has 8 nitrogen and oxygen atoms in total. The highest BCUT2D eigenvalue weighted by Gasteiger charge is 2.30. The van der Waals surface area contributed by atoms with Gasteiger partial charge in [0.2, 0.25) is 10.0 Å². The lowest BCUT2D eigenvalue weighted by molar-refractivity contribution is -0.384. The van der Waals surface area contributed by atoms with E-state index in [1.807, 2.05) is 23.1 Å². The lowest BCUT2D eigenvalue weighted by atomic mass is 10.2. The van der Waals surface area contributed by atoms with Crippen molar-refractivity contribution in [2.24, 2.45) is 0 Å². The van der Waals surface area contributed by atoms with Crippen LogP contribution >= 0.6 is 0 Å². The highest BCUT2D eigenvalue weighted by Crippen LogP contribution is 2.33. The summed E-state index contributed by atoms with van der Waals surface area (Å²) in [4.78, 5) is 15.8. The fourth-order valence-electron chi connectivity index (χ4n) is 4.54.